The zero-order valence-corrected chi connectivity index (χ0v) is 7.44. The lowest BCUT2D eigenvalue weighted by molar-refractivity contribution is 0.105. The predicted molar refractivity (Wildman–Crippen MR) is 49.6 cm³/mol. The van der Waals surface area contributed by atoms with Gasteiger partial charge in [-0.3, -0.25) is 0 Å². The molecule has 1 rings (SSSR count). The van der Waals surface area contributed by atoms with E-state index in [1.165, 1.54) is 12.1 Å². The van der Waals surface area contributed by atoms with E-state index in [1.807, 2.05) is 0 Å². The Morgan fingerprint density at radius 3 is 2.79 bits per heavy atom. The van der Waals surface area contributed by atoms with Gasteiger partial charge in [0.05, 0.1) is 18.4 Å². The van der Waals surface area contributed by atoms with Gasteiger partial charge in [-0.15, -0.1) is 0 Å². The van der Waals surface area contributed by atoms with Crippen LogP contribution in [-0.4, -0.2) is 34.6 Å². The maximum absolute atomic E-state index is 13.0. The van der Waals surface area contributed by atoms with E-state index in [2.05, 4.69) is 5.32 Å². The number of nitrogens with one attached hydrogen (secondary N) is 1. The smallest absolute Gasteiger partial charge is 0.146 e. The Hall–Kier alpha value is -1.33. The number of phenolic OH excluding ortho intramolecular Hbond substituents is 1. The normalized spacial score (nSPS) is 12.5. The number of anilines is 1. The number of aromatic hydroxyl groups is 1. The molecular formula is C9H12FNO3. The van der Waals surface area contributed by atoms with Gasteiger partial charge < -0.3 is 20.6 Å². The van der Waals surface area contributed by atoms with Crippen molar-refractivity contribution >= 4 is 5.69 Å². The molecular weight excluding hydrogens is 189 g/mol. The first kappa shape index (κ1) is 10.7. The van der Waals surface area contributed by atoms with Crippen LogP contribution in [-0.2, 0) is 0 Å². The monoisotopic (exact) mass is 201 g/mol. The molecule has 0 saturated carbocycles. The van der Waals surface area contributed by atoms with Gasteiger partial charge in [-0.05, 0) is 12.1 Å². The van der Waals surface area contributed by atoms with Gasteiger partial charge in [0.2, 0.25) is 0 Å². The van der Waals surface area contributed by atoms with Crippen LogP contribution < -0.4 is 5.32 Å². The van der Waals surface area contributed by atoms with Gasteiger partial charge in [0, 0.05) is 12.6 Å². The average molecular weight is 201 g/mol. The number of hydrogen-bond donors (Lipinski definition) is 4. The molecule has 0 heterocycles. The summed E-state index contributed by atoms with van der Waals surface area (Å²) < 4.78 is 13.0. The van der Waals surface area contributed by atoms with E-state index >= 15 is 0 Å². The van der Waals surface area contributed by atoms with Gasteiger partial charge in [0.15, 0.2) is 0 Å². The first-order chi connectivity index (χ1) is 6.63. The van der Waals surface area contributed by atoms with Crippen LogP contribution in [0.1, 0.15) is 0 Å². The van der Waals surface area contributed by atoms with Crippen molar-refractivity contribution in [2.24, 2.45) is 0 Å². The SMILES string of the molecule is OCC(O)CNc1cc(O)ccc1F. The Morgan fingerprint density at radius 1 is 1.43 bits per heavy atom. The summed E-state index contributed by atoms with van der Waals surface area (Å²) in [6.07, 6.45) is -0.947. The van der Waals surface area contributed by atoms with Crippen molar-refractivity contribution in [3.8, 4) is 5.75 Å². The second-order valence-electron chi connectivity index (χ2n) is 2.88. The van der Waals surface area contributed by atoms with E-state index in [4.69, 9.17) is 15.3 Å². The second kappa shape index (κ2) is 4.78. The lowest BCUT2D eigenvalue weighted by atomic mass is 10.2. The van der Waals surface area contributed by atoms with E-state index < -0.39 is 18.5 Å². The highest BCUT2D eigenvalue weighted by Gasteiger charge is 2.05. The maximum atomic E-state index is 13.0. The Balaban J connectivity index is 2.62. The molecule has 5 heteroatoms. The Morgan fingerprint density at radius 2 is 2.14 bits per heavy atom. The summed E-state index contributed by atoms with van der Waals surface area (Å²) >= 11 is 0. The zero-order chi connectivity index (χ0) is 10.6. The van der Waals surface area contributed by atoms with E-state index in [-0.39, 0.29) is 18.0 Å². The number of rotatable bonds is 4. The number of aliphatic hydroxyl groups is 2. The zero-order valence-electron chi connectivity index (χ0n) is 7.44. The molecule has 1 aromatic carbocycles. The van der Waals surface area contributed by atoms with Crippen LogP contribution in [0.2, 0.25) is 0 Å². The molecule has 0 aliphatic rings. The number of hydrogen-bond acceptors (Lipinski definition) is 4. The summed E-state index contributed by atoms with van der Waals surface area (Å²) in [5.74, 6) is -0.583. The van der Waals surface area contributed by atoms with Gasteiger partial charge >= 0.3 is 0 Å². The topological polar surface area (TPSA) is 72.7 Å². The summed E-state index contributed by atoms with van der Waals surface area (Å²) in [7, 11) is 0. The summed E-state index contributed by atoms with van der Waals surface area (Å²) in [4.78, 5) is 0. The third-order valence-corrected chi connectivity index (χ3v) is 1.69. The van der Waals surface area contributed by atoms with Crippen molar-refractivity contribution in [1.82, 2.24) is 0 Å². The standard InChI is InChI=1S/C9H12FNO3/c10-8-2-1-6(13)3-9(8)11-4-7(14)5-12/h1-3,7,11-14H,4-5H2. The third-order valence-electron chi connectivity index (χ3n) is 1.69. The predicted octanol–water partition coefficient (Wildman–Crippen LogP) is 0.296. The Bertz CT molecular complexity index is 306. The first-order valence-electron chi connectivity index (χ1n) is 4.15. The van der Waals surface area contributed by atoms with Gasteiger partial charge in [-0.25, -0.2) is 4.39 Å². The number of halogens is 1. The minimum atomic E-state index is -0.947. The Labute approximate surface area is 80.6 Å². The van der Waals surface area contributed by atoms with E-state index in [0.29, 0.717) is 0 Å². The number of aliphatic hydroxyl groups excluding tert-OH is 2. The minimum absolute atomic E-state index is 0.0247. The van der Waals surface area contributed by atoms with Crippen LogP contribution in [0.5, 0.6) is 5.75 Å². The van der Waals surface area contributed by atoms with Crippen LogP contribution in [0.4, 0.5) is 10.1 Å². The second-order valence-corrected chi connectivity index (χ2v) is 2.88. The molecule has 0 radical (unpaired) electrons. The van der Waals surface area contributed by atoms with Crippen LogP contribution in [0, 0.1) is 5.82 Å². The minimum Gasteiger partial charge on any atom is -0.508 e. The number of benzene rings is 1. The molecule has 0 aliphatic carbocycles. The molecule has 0 bridgehead atoms. The fourth-order valence-corrected chi connectivity index (χ4v) is 0.941. The van der Waals surface area contributed by atoms with E-state index in [1.54, 1.807) is 0 Å². The lowest BCUT2D eigenvalue weighted by Gasteiger charge is -2.10. The van der Waals surface area contributed by atoms with Crippen molar-refractivity contribution in [3.63, 3.8) is 0 Å². The molecule has 0 aliphatic heterocycles. The highest BCUT2D eigenvalue weighted by molar-refractivity contribution is 5.49. The van der Waals surface area contributed by atoms with Crippen molar-refractivity contribution < 1.29 is 19.7 Å². The summed E-state index contributed by atoms with van der Waals surface area (Å²) in [6, 6.07) is 3.55. The highest BCUT2D eigenvalue weighted by Crippen LogP contribution is 2.19. The molecule has 0 amide bonds. The van der Waals surface area contributed by atoms with Crippen molar-refractivity contribution in [2.75, 3.05) is 18.5 Å². The molecule has 14 heavy (non-hydrogen) atoms. The largest absolute Gasteiger partial charge is 0.508 e. The van der Waals surface area contributed by atoms with Crippen molar-refractivity contribution in [3.05, 3.63) is 24.0 Å². The van der Waals surface area contributed by atoms with Crippen LogP contribution in [0.25, 0.3) is 0 Å². The molecule has 4 nitrogen and oxygen atoms in total. The summed E-state index contributed by atoms with van der Waals surface area (Å²) in [5.41, 5.74) is 0.0949. The fourth-order valence-electron chi connectivity index (χ4n) is 0.941. The van der Waals surface area contributed by atoms with E-state index in [0.717, 1.165) is 6.07 Å². The van der Waals surface area contributed by atoms with Crippen LogP contribution >= 0.6 is 0 Å². The molecule has 0 spiro atoms. The highest BCUT2D eigenvalue weighted by atomic mass is 19.1. The molecule has 4 N–H and O–H groups in total. The molecule has 0 saturated heterocycles. The lowest BCUT2D eigenvalue weighted by Crippen LogP contribution is -2.23. The van der Waals surface area contributed by atoms with E-state index in [9.17, 15) is 4.39 Å². The van der Waals surface area contributed by atoms with Gasteiger partial charge in [0.1, 0.15) is 11.6 Å². The van der Waals surface area contributed by atoms with Gasteiger partial charge in [-0.1, -0.05) is 0 Å². The third kappa shape index (κ3) is 2.86. The summed E-state index contributed by atoms with van der Waals surface area (Å²) in [5, 5.41) is 29.1. The molecule has 0 aromatic heterocycles. The molecule has 1 atom stereocenters. The Kier molecular flexibility index (Phi) is 3.67. The molecule has 1 aromatic rings. The van der Waals surface area contributed by atoms with Crippen LogP contribution in [0.3, 0.4) is 0 Å². The van der Waals surface area contributed by atoms with Crippen molar-refractivity contribution in [2.45, 2.75) is 6.10 Å². The molecule has 78 valence electrons. The van der Waals surface area contributed by atoms with Gasteiger partial charge in [0.25, 0.3) is 0 Å². The first-order valence-corrected chi connectivity index (χ1v) is 4.15. The average Bonchev–Trinajstić information content (AvgIpc) is 2.19. The van der Waals surface area contributed by atoms with Gasteiger partial charge in [-0.2, -0.15) is 0 Å². The maximum Gasteiger partial charge on any atom is 0.146 e. The fraction of sp³-hybridized carbons (Fsp3) is 0.333. The molecule has 1 unspecified atom stereocenters. The summed E-state index contributed by atoms with van der Waals surface area (Å²) in [6.45, 7) is -0.371. The van der Waals surface area contributed by atoms with Crippen molar-refractivity contribution in [1.29, 1.82) is 0 Å². The molecule has 0 fully saturated rings. The number of phenols is 1. The quantitative estimate of drug-likeness (QED) is 0.565. The van der Waals surface area contributed by atoms with Crippen LogP contribution in [0.15, 0.2) is 18.2 Å².